The van der Waals surface area contributed by atoms with Crippen molar-refractivity contribution in [1.29, 1.82) is 0 Å². The fraction of sp³-hybridized carbons (Fsp3) is 0.235. The lowest BCUT2D eigenvalue weighted by Gasteiger charge is -2.17. The van der Waals surface area contributed by atoms with E-state index in [1.54, 1.807) is 6.92 Å². The van der Waals surface area contributed by atoms with Crippen molar-refractivity contribution in [1.82, 2.24) is 4.72 Å². The van der Waals surface area contributed by atoms with Crippen molar-refractivity contribution in [2.75, 3.05) is 7.11 Å². The molecule has 0 aliphatic heterocycles. The van der Waals surface area contributed by atoms with Crippen molar-refractivity contribution in [2.45, 2.75) is 24.8 Å². The molecule has 0 saturated carbocycles. The van der Waals surface area contributed by atoms with Crippen LogP contribution in [0, 0.1) is 6.92 Å². The molecule has 0 bridgehead atoms. The molecule has 1 atom stereocenters. The monoisotopic (exact) mass is 367 g/mol. The molecule has 0 heterocycles. The van der Waals surface area contributed by atoms with Gasteiger partial charge in [-0.2, -0.15) is 0 Å². The van der Waals surface area contributed by atoms with E-state index in [0.29, 0.717) is 0 Å². The number of methoxy groups -OCH3 is 1. The lowest BCUT2D eigenvalue weighted by Crippen LogP contribution is -2.27. The van der Waals surface area contributed by atoms with Gasteiger partial charge in [0.25, 0.3) is 0 Å². The smallest absolute Gasteiger partial charge is 0.339 e. The largest absolute Gasteiger partial charge is 0.465 e. The number of hydrogen-bond acceptors (Lipinski definition) is 4. The van der Waals surface area contributed by atoms with Crippen LogP contribution in [-0.4, -0.2) is 21.5 Å². The molecule has 24 heavy (non-hydrogen) atoms. The normalized spacial score (nSPS) is 12.7. The van der Waals surface area contributed by atoms with E-state index in [2.05, 4.69) is 9.46 Å². The van der Waals surface area contributed by atoms with E-state index in [9.17, 15) is 13.2 Å². The molecule has 5 nitrogen and oxygen atoms in total. The number of ether oxygens (including phenoxy) is 1. The van der Waals surface area contributed by atoms with E-state index in [1.165, 1.54) is 25.3 Å². The second-order valence-electron chi connectivity index (χ2n) is 5.33. The van der Waals surface area contributed by atoms with Gasteiger partial charge >= 0.3 is 5.97 Å². The summed E-state index contributed by atoms with van der Waals surface area (Å²) in [7, 11) is -2.62. The van der Waals surface area contributed by atoms with Gasteiger partial charge in [-0.1, -0.05) is 35.9 Å². The summed E-state index contributed by atoms with van der Waals surface area (Å²) in [5, 5.41) is 0.132. The van der Waals surface area contributed by atoms with Crippen LogP contribution >= 0.6 is 11.6 Å². The highest BCUT2D eigenvalue weighted by atomic mass is 35.5. The molecule has 128 valence electrons. The number of benzene rings is 2. The van der Waals surface area contributed by atoms with Gasteiger partial charge in [-0.15, -0.1) is 0 Å². The van der Waals surface area contributed by atoms with Crippen molar-refractivity contribution in [3.8, 4) is 0 Å². The SMILES string of the molecule is COC(=O)c1cc(S(=O)(=O)NC(C)c2ccccc2C)ccc1Cl. The number of carbonyl (C=O) groups is 1. The minimum atomic E-state index is -3.82. The molecule has 1 unspecified atom stereocenters. The summed E-state index contributed by atoms with van der Waals surface area (Å²) < 4.78 is 32.4. The molecule has 0 spiro atoms. The molecule has 0 radical (unpaired) electrons. The molecule has 2 aromatic rings. The zero-order valence-electron chi connectivity index (χ0n) is 13.5. The quantitative estimate of drug-likeness (QED) is 0.821. The summed E-state index contributed by atoms with van der Waals surface area (Å²) >= 11 is 5.93. The predicted molar refractivity (Wildman–Crippen MR) is 92.7 cm³/mol. The Labute approximate surface area is 146 Å². The molecule has 7 heteroatoms. The minimum absolute atomic E-state index is 0.00517. The number of rotatable bonds is 5. The number of hydrogen-bond donors (Lipinski definition) is 1. The molecule has 0 aromatic heterocycles. The highest BCUT2D eigenvalue weighted by Gasteiger charge is 2.22. The fourth-order valence-electron chi connectivity index (χ4n) is 2.37. The Bertz CT molecular complexity index is 865. The van der Waals surface area contributed by atoms with Crippen LogP contribution < -0.4 is 4.72 Å². The summed E-state index contributed by atoms with van der Waals surface area (Å²) in [5.41, 5.74) is 1.87. The summed E-state index contributed by atoms with van der Waals surface area (Å²) in [5.74, 6) is -0.691. The summed E-state index contributed by atoms with van der Waals surface area (Å²) in [6.45, 7) is 3.68. The van der Waals surface area contributed by atoms with E-state index >= 15 is 0 Å². The number of carbonyl (C=O) groups excluding carboxylic acids is 1. The van der Waals surface area contributed by atoms with Gasteiger partial charge in [-0.05, 0) is 43.2 Å². The van der Waals surface area contributed by atoms with Gasteiger partial charge in [-0.3, -0.25) is 0 Å². The maximum atomic E-state index is 12.6. The Morgan fingerprint density at radius 1 is 1.21 bits per heavy atom. The van der Waals surface area contributed by atoms with Crippen LogP contribution in [0.5, 0.6) is 0 Å². The number of nitrogens with one attached hydrogen (secondary N) is 1. The van der Waals surface area contributed by atoms with E-state index in [-0.39, 0.29) is 15.5 Å². The van der Waals surface area contributed by atoms with Crippen LogP contribution in [-0.2, 0) is 14.8 Å². The van der Waals surface area contributed by atoms with Crippen molar-refractivity contribution in [2.24, 2.45) is 0 Å². The first-order valence-electron chi connectivity index (χ1n) is 7.22. The number of esters is 1. The molecular formula is C17H18ClNO4S. The topological polar surface area (TPSA) is 72.5 Å². The summed E-state index contributed by atoms with van der Waals surface area (Å²) in [4.78, 5) is 11.6. The molecule has 1 N–H and O–H groups in total. The standard InChI is InChI=1S/C17H18ClNO4S/c1-11-6-4-5-7-14(11)12(2)19-24(21,22)13-8-9-16(18)15(10-13)17(20)23-3/h4-10,12,19H,1-3H3. The summed E-state index contributed by atoms with van der Waals surface area (Å²) in [6, 6.07) is 11.0. The molecule has 2 aromatic carbocycles. The first-order valence-corrected chi connectivity index (χ1v) is 9.08. The lowest BCUT2D eigenvalue weighted by atomic mass is 10.0. The third kappa shape index (κ3) is 3.95. The predicted octanol–water partition coefficient (Wildman–Crippen LogP) is 3.47. The van der Waals surface area contributed by atoms with Crippen molar-refractivity contribution in [3.05, 3.63) is 64.2 Å². The summed E-state index contributed by atoms with van der Waals surface area (Å²) in [6.07, 6.45) is 0. The Morgan fingerprint density at radius 2 is 1.88 bits per heavy atom. The van der Waals surface area contributed by atoms with Gasteiger partial charge in [-0.25, -0.2) is 17.9 Å². The van der Waals surface area contributed by atoms with Crippen LogP contribution in [0.2, 0.25) is 5.02 Å². The van der Waals surface area contributed by atoms with Gasteiger partial charge in [0.1, 0.15) is 0 Å². The van der Waals surface area contributed by atoms with Crippen LogP contribution in [0.15, 0.2) is 47.4 Å². The van der Waals surface area contributed by atoms with Crippen molar-refractivity contribution in [3.63, 3.8) is 0 Å². The van der Waals surface area contributed by atoms with E-state index in [4.69, 9.17) is 11.6 Å². The lowest BCUT2D eigenvalue weighted by molar-refractivity contribution is 0.0600. The molecule has 0 amide bonds. The molecular weight excluding hydrogens is 350 g/mol. The maximum absolute atomic E-state index is 12.6. The minimum Gasteiger partial charge on any atom is -0.465 e. The second-order valence-corrected chi connectivity index (χ2v) is 7.45. The van der Waals surface area contributed by atoms with Crippen LogP contribution in [0.4, 0.5) is 0 Å². The van der Waals surface area contributed by atoms with E-state index in [1.807, 2.05) is 31.2 Å². The van der Waals surface area contributed by atoms with Crippen molar-refractivity contribution < 1.29 is 17.9 Å². The number of sulfonamides is 1. The third-order valence-corrected chi connectivity index (χ3v) is 5.51. The van der Waals surface area contributed by atoms with Crippen LogP contribution in [0.3, 0.4) is 0 Å². The van der Waals surface area contributed by atoms with Gasteiger partial charge in [0.05, 0.1) is 22.6 Å². The Morgan fingerprint density at radius 3 is 2.50 bits per heavy atom. The molecule has 2 rings (SSSR count). The zero-order chi connectivity index (χ0) is 17.9. The zero-order valence-corrected chi connectivity index (χ0v) is 15.1. The number of halogens is 1. The van der Waals surface area contributed by atoms with Gasteiger partial charge < -0.3 is 4.74 Å². The van der Waals surface area contributed by atoms with E-state index in [0.717, 1.165) is 11.1 Å². The van der Waals surface area contributed by atoms with Gasteiger partial charge in [0.2, 0.25) is 10.0 Å². The molecule has 0 fully saturated rings. The molecule has 0 aliphatic rings. The Balaban J connectivity index is 2.34. The maximum Gasteiger partial charge on any atom is 0.339 e. The first-order chi connectivity index (χ1) is 11.3. The van der Waals surface area contributed by atoms with Crippen LogP contribution in [0.1, 0.15) is 34.5 Å². The highest BCUT2D eigenvalue weighted by molar-refractivity contribution is 7.89. The Kier molecular flexibility index (Phi) is 5.64. The van der Waals surface area contributed by atoms with Gasteiger partial charge in [0, 0.05) is 6.04 Å². The molecule has 0 aliphatic carbocycles. The van der Waals surface area contributed by atoms with Gasteiger partial charge in [0.15, 0.2) is 0 Å². The van der Waals surface area contributed by atoms with E-state index < -0.39 is 22.0 Å². The first kappa shape index (κ1) is 18.4. The highest BCUT2D eigenvalue weighted by Crippen LogP contribution is 2.24. The third-order valence-electron chi connectivity index (χ3n) is 3.64. The average molecular weight is 368 g/mol. The average Bonchev–Trinajstić information content (AvgIpc) is 2.54. The number of aryl methyl sites for hydroxylation is 1. The van der Waals surface area contributed by atoms with Crippen molar-refractivity contribution >= 4 is 27.6 Å². The van der Waals surface area contributed by atoms with Crippen LogP contribution in [0.25, 0.3) is 0 Å². The Hall–Kier alpha value is -1.89. The second kappa shape index (κ2) is 7.34. The molecule has 0 saturated heterocycles. The fourth-order valence-corrected chi connectivity index (χ4v) is 3.82.